The van der Waals surface area contributed by atoms with Crippen LogP contribution in [0.3, 0.4) is 0 Å². The van der Waals surface area contributed by atoms with Crippen molar-refractivity contribution in [3.8, 4) is 11.4 Å². The molecule has 0 amide bonds. The van der Waals surface area contributed by atoms with Crippen molar-refractivity contribution in [1.29, 1.82) is 0 Å². The summed E-state index contributed by atoms with van der Waals surface area (Å²) in [6.45, 7) is 0. The molecule has 18 heavy (non-hydrogen) atoms. The van der Waals surface area contributed by atoms with Gasteiger partial charge in [-0.3, -0.25) is 4.79 Å². The minimum atomic E-state index is 0.485. The molecule has 5 heteroatoms. The summed E-state index contributed by atoms with van der Waals surface area (Å²) in [7, 11) is 0. The van der Waals surface area contributed by atoms with Crippen LogP contribution in [0, 0.1) is 0 Å². The number of hydrogen-bond donors (Lipinski definition) is 0. The fraction of sp³-hybridized carbons (Fsp3) is 0. The van der Waals surface area contributed by atoms with Crippen LogP contribution < -0.4 is 0 Å². The highest BCUT2D eigenvalue weighted by molar-refractivity contribution is 9.10. The van der Waals surface area contributed by atoms with E-state index in [0.717, 1.165) is 16.3 Å². The first kappa shape index (κ1) is 11.1. The molecule has 4 nitrogen and oxygen atoms in total. The van der Waals surface area contributed by atoms with Gasteiger partial charge in [0.05, 0.1) is 0 Å². The van der Waals surface area contributed by atoms with Crippen LogP contribution in [0.15, 0.2) is 46.9 Å². The van der Waals surface area contributed by atoms with Crippen molar-refractivity contribution >= 4 is 27.9 Å². The van der Waals surface area contributed by atoms with E-state index in [1.54, 1.807) is 16.6 Å². The molecular formula is C13H8BrN3O. The van der Waals surface area contributed by atoms with Gasteiger partial charge in [-0.2, -0.15) is 0 Å². The molecule has 0 saturated carbocycles. The van der Waals surface area contributed by atoms with Gasteiger partial charge < -0.3 is 0 Å². The minimum absolute atomic E-state index is 0.485. The number of hydrogen-bond acceptors (Lipinski definition) is 3. The monoisotopic (exact) mass is 301 g/mol. The second-order valence-corrected chi connectivity index (χ2v) is 4.61. The van der Waals surface area contributed by atoms with E-state index in [-0.39, 0.29) is 0 Å². The smallest absolute Gasteiger partial charge is 0.183 e. The molecule has 3 rings (SSSR count). The zero-order valence-electron chi connectivity index (χ0n) is 9.25. The summed E-state index contributed by atoms with van der Waals surface area (Å²) < 4.78 is 2.47. The highest BCUT2D eigenvalue weighted by atomic mass is 79.9. The van der Waals surface area contributed by atoms with Crippen LogP contribution in [0.1, 0.15) is 10.5 Å². The number of aromatic nitrogens is 3. The fourth-order valence-corrected chi connectivity index (χ4v) is 2.23. The van der Waals surface area contributed by atoms with E-state index in [0.29, 0.717) is 17.2 Å². The van der Waals surface area contributed by atoms with Gasteiger partial charge >= 0.3 is 0 Å². The first-order chi connectivity index (χ1) is 8.79. The van der Waals surface area contributed by atoms with Gasteiger partial charge in [-0.15, -0.1) is 5.10 Å². The number of rotatable bonds is 2. The number of halogens is 1. The first-order valence-corrected chi connectivity index (χ1v) is 6.15. The zero-order valence-corrected chi connectivity index (χ0v) is 10.8. The van der Waals surface area contributed by atoms with Gasteiger partial charge in [0.15, 0.2) is 17.8 Å². The number of carbonyl (C=O) groups is 1. The summed E-state index contributed by atoms with van der Waals surface area (Å²) in [6, 6.07) is 13.0. The molecule has 0 radical (unpaired) electrons. The molecule has 88 valence electrons. The lowest BCUT2D eigenvalue weighted by Crippen LogP contribution is -1.96. The van der Waals surface area contributed by atoms with E-state index in [1.807, 2.05) is 30.3 Å². The Labute approximate surface area is 111 Å². The summed E-state index contributed by atoms with van der Waals surface area (Å²) in [5.74, 6) is 0.594. The van der Waals surface area contributed by atoms with Crippen LogP contribution in [0.4, 0.5) is 0 Å². The molecule has 0 aliphatic heterocycles. The van der Waals surface area contributed by atoms with E-state index in [2.05, 4.69) is 26.0 Å². The van der Waals surface area contributed by atoms with Gasteiger partial charge in [0, 0.05) is 10.0 Å². The maximum absolute atomic E-state index is 10.9. The maximum Gasteiger partial charge on any atom is 0.183 e. The fourth-order valence-electron chi connectivity index (χ4n) is 1.77. The third-order valence-corrected chi connectivity index (χ3v) is 3.32. The van der Waals surface area contributed by atoms with Gasteiger partial charge in [0.2, 0.25) is 0 Å². The molecule has 2 heterocycles. The molecular weight excluding hydrogens is 294 g/mol. The topological polar surface area (TPSA) is 47.3 Å². The minimum Gasteiger partial charge on any atom is -0.296 e. The molecule has 3 aromatic rings. The third kappa shape index (κ3) is 1.73. The van der Waals surface area contributed by atoms with E-state index in [1.165, 1.54) is 0 Å². The van der Waals surface area contributed by atoms with Gasteiger partial charge in [-0.1, -0.05) is 34.1 Å². The predicted molar refractivity (Wildman–Crippen MR) is 71.5 cm³/mol. The first-order valence-electron chi connectivity index (χ1n) is 5.35. The van der Waals surface area contributed by atoms with Crippen LogP contribution in [0.2, 0.25) is 0 Å². The van der Waals surface area contributed by atoms with E-state index in [9.17, 15) is 4.79 Å². The summed E-state index contributed by atoms with van der Waals surface area (Å²) in [4.78, 5) is 15.4. The lowest BCUT2D eigenvalue weighted by atomic mass is 10.2. The number of pyridine rings is 1. The summed E-state index contributed by atoms with van der Waals surface area (Å²) in [5, 5.41) is 4.36. The zero-order chi connectivity index (χ0) is 12.5. The van der Waals surface area contributed by atoms with Crippen molar-refractivity contribution in [2.75, 3.05) is 0 Å². The van der Waals surface area contributed by atoms with Crippen molar-refractivity contribution in [1.82, 2.24) is 14.6 Å². The van der Waals surface area contributed by atoms with Crippen molar-refractivity contribution < 1.29 is 4.79 Å². The predicted octanol–water partition coefficient (Wildman–Crippen LogP) is 2.97. The van der Waals surface area contributed by atoms with Crippen LogP contribution >= 0.6 is 15.9 Å². The molecule has 0 spiro atoms. The Kier molecular flexibility index (Phi) is 2.68. The Balaban J connectivity index is 2.26. The van der Waals surface area contributed by atoms with Crippen molar-refractivity contribution in [2.45, 2.75) is 0 Å². The van der Waals surface area contributed by atoms with Crippen molar-refractivity contribution in [2.24, 2.45) is 0 Å². The highest BCUT2D eigenvalue weighted by Crippen LogP contribution is 2.25. The van der Waals surface area contributed by atoms with E-state index in [4.69, 9.17) is 0 Å². The van der Waals surface area contributed by atoms with Gasteiger partial charge in [-0.25, -0.2) is 9.50 Å². The van der Waals surface area contributed by atoms with Crippen LogP contribution in [0.25, 0.3) is 17.0 Å². The Morgan fingerprint density at radius 3 is 2.72 bits per heavy atom. The second-order valence-electron chi connectivity index (χ2n) is 3.75. The molecule has 0 fully saturated rings. The Bertz CT molecular complexity index is 736. The lowest BCUT2D eigenvalue weighted by Gasteiger charge is -1.97. The number of benzene rings is 1. The van der Waals surface area contributed by atoms with E-state index >= 15 is 0 Å². The normalized spacial score (nSPS) is 10.7. The Morgan fingerprint density at radius 2 is 1.94 bits per heavy atom. The molecule has 0 saturated heterocycles. The molecule has 0 atom stereocenters. The van der Waals surface area contributed by atoms with Crippen LogP contribution in [0.5, 0.6) is 0 Å². The molecule has 0 aliphatic carbocycles. The third-order valence-electron chi connectivity index (χ3n) is 2.62. The van der Waals surface area contributed by atoms with Gasteiger partial charge in [-0.05, 0) is 24.3 Å². The average Bonchev–Trinajstić information content (AvgIpc) is 2.82. The number of fused-ring (bicyclic) bond motifs is 1. The second kappa shape index (κ2) is 4.34. The standard InChI is InChI=1S/C13H8BrN3O/c14-11-6-2-1-5-10(11)13-15-12-7-3-4-9(8-18)17(12)16-13/h1-8H. The Morgan fingerprint density at radius 1 is 1.11 bits per heavy atom. The quantitative estimate of drug-likeness (QED) is 0.684. The molecule has 1 aromatic carbocycles. The Hall–Kier alpha value is -2.01. The molecule has 0 bridgehead atoms. The average molecular weight is 302 g/mol. The summed E-state index contributed by atoms with van der Waals surface area (Å²) in [6.07, 6.45) is 0.769. The van der Waals surface area contributed by atoms with E-state index < -0.39 is 0 Å². The number of aldehydes is 1. The molecule has 0 unspecified atom stereocenters. The molecule has 0 aliphatic rings. The molecule has 2 aromatic heterocycles. The SMILES string of the molecule is O=Cc1cccc2nc(-c3ccccc3Br)nn12. The van der Waals surface area contributed by atoms with Gasteiger partial charge in [0.25, 0.3) is 0 Å². The molecule has 0 N–H and O–H groups in total. The van der Waals surface area contributed by atoms with Crippen molar-refractivity contribution in [3.05, 3.63) is 52.6 Å². The highest BCUT2D eigenvalue weighted by Gasteiger charge is 2.10. The maximum atomic E-state index is 10.9. The largest absolute Gasteiger partial charge is 0.296 e. The van der Waals surface area contributed by atoms with Crippen molar-refractivity contribution in [3.63, 3.8) is 0 Å². The lowest BCUT2D eigenvalue weighted by molar-refractivity contribution is 0.111. The van der Waals surface area contributed by atoms with Crippen LogP contribution in [-0.2, 0) is 0 Å². The van der Waals surface area contributed by atoms with Crippen LogP contribution in [-0.4, -0.2) is 20.9 Å². The summed E-state index contributed by atoms with van der Waals surface area (Å²) >= 11 is 3.47. The summed E-state index contributed by atoms with van der Waals surface area (Å²) in [5.41, 5.74) is 2.04. The van der Waals surface area contributed by atoms with Gasteiger partial charge in [0.1, 0.15) is 5.69 Å². The number of carbonyl (C=O) groups excluding carboxylic acids is 1. The number of nitrogens with zero attached hydrogens (tertiary/aromatic N) is 3.